The molecular formula is C29H24N4OS3. The fourth-order valence-corrected chi connectivity index (χ4v) is 6.59. The molecule has 0 saturated carbocycles. The van der Waals surface area contributed by atoms with Crippen LogP contribution in [0.25, 0.3) is 21.9 Å². The molecule has 37 heavy (non-hydrogen) atoms. The Bertz CT molecular complexity index is 1530. The number of carbonyl (C=O) groups excluding carboxylic acids is 1. The number of rotatable bonds is 9. The van der Waals surface area contributed by atoms with Gasteiger partial charge in [-0.3, -0.25) is 4.79 Å². The number of hydrogen-bond donors (Lipinski definition) is 1. The van der Waals surface area contributed by atoms with E-state index < -0.39 is 0 Å². The molecule has 0 aliphatic rings. The number of aromatic nitrogens is 2. The van der Waals surface area contributed by atoms with Crippen molar-refractivity contribution in [1.82, 2.24) is 15.6 Å². The van der Waals surface area contributed by atoms with Crippen LogP contribution in [0.3, 0.4) is 0 Å². The summed E-state index contributed by atoms with van der Waals surface area (Å²) in [6.45, 7) is 1.88. The van der Waals surface area contributed by atoms with Crippen molar-refractivity contribution in [2.75, 3.05) is 5.75 Å². The molecule has 0 aliphatic heterocycles. The highest BCUT2D eigenvalue weighted by molar-refractivity contribution is 8.03. The van der Waals surface area contributed by atoms with Gasteiger partial charge in [0.1, 0.15) is 0 Å². The van der Waals surface area contributed by atoms with Crippen molar-refractivity contribution >= 4 is 57.3 Å². The van der Waals surface area contributed by atoms with Gasteiger partial charge in [-0.2, -0.15) is 5.10 Å². The van der Waals surface area contributed by atoms with Crippen molar-refractivity contribution in [3.05, 3.63) is 108 Å². The molecule has 1 amide bonds. The number of amides is 1. The van der Waals surface area contributed by atoms with Crippen LogP contribution in [0.4, 0.5) is 0 Å². The zero-order valence-electron chi connectivity index (χ0n) is 20.1. The third-order valence-corrected chi connectivity index (χ3v) is 8.94. The Morgan fingerprint density at radius 2 is 1.49 bits per heavy atom. The summed E-state index contributed by atoms with van der Waals surface area (Å²) >= 11 is 4.54. The van der Waals surface area contributed by atoms with Crippen molar-refractivity contribution in [2.24, 2.45) is 5.10 Å². The largest absolute Gasteiger partial charge is 0.272 e. The minimum absolute atomic E-state index is 0.176. The van der Waals surface area contributed by atoms with Crippen LogP contribution in [0.15, 0.2) is 111 Å². The first-order valence-electron chi connectivity index (χ1n) is 11.7. The molecule has 1 N–H and O–H groups in total. The first-order valence-corrected chi connectivity index (χ1v) is 14.5. The van der Waals surface area contributed by atoms with Crippen LogP contribution in [-0.2, 0) is 10.5 Å². The molecule has 0 aliphatic carbocycles. The monoisotopic (exact) mass is 540 g/mol. The molecule has 1 heterocycles. The molecule has 0 radical (unpaired) electrons. The first kappa shape index (κ1) is 25.2. The highest BCUT2D eigenvalue weighted by atomic mass is 32.2. The lowest BCUT2D eigenvalue weighted by Crippen LogP contribution is -2.21. The summed E-state index contributed by atoms with van der Waals surface area (Å²) in [5.74, 6) is 0.874. The number of nitrogens with one attached hydrogen (secondary N) is 1. The van der Waals surface area contributed by atoms with Gasteiger partial charge < -0.3 is 0 Å². The quantitative estimate of drug-likeness (QED) is 0.121. The van der Waals surface area contributed by atoms with E-state index in [-0.39, 0.29) is 11.7 Å². The molecule has 5 aromatic rings. The fraction of sp³-hybridized carbons (Fsp3) is 0.103. The number of benzene rings is 4. The Morgan fingerprint density at radius 3 is 2.30 bits per heavy atom. The van der Waals surface area contributed by atoms with E-state index in [1.54, 1.807) is 11.8 Å². The van der Waals surface area contributed by atoms with Crippen molar-refractivity contribution in [2.45, 2.75) is 21.4 Å². The predicted molar refractivity (Wildman–Crippen MR) is 156 cm³/mol. The van der Waals surface area contributed by atoms with Gasteiger partial charge in [-0.05, 0) is 39.9 Å². The van der Waals surface area contributed by atoms with Crippen molar-refractivity contribution in [1.29, 1.82) is 0 Å². The topological polar surface area (TPSA) is 67.2 Å². The molecule has 0 unspecified atom stereocenters. The summed E-state index contributed by atoms with van der Waals surface area (Å²) in [7, 11) is 0. The first-order chi connectivity index (χ1) is 18.2. The molecule has 0 bridgehead atoms. The van der Waals surface area contributed by atoms with E-state index in [1.165, 1.54) is 45.0 Å². The molecule has 5 rings (SSSR count). The Hall–Kier alpha value is -3.46. The number of hydrogen-bond acceptors (Lipinski definition) is 7. The van der Waals surface area contributed by atoms with E-state index in [1.807, 2.05) is 37.3 Å². The highest BCUT2D eigenvalue weighted by Crippen LogP contribution is 2.32. The molecule has 4 aromatic carbocycles. The van der Waals surface area contributed by atoms with E-state index in [9.17, 15) is 4.79 Å². The van der Waals surface area contributed by atoms with Crippen LogP contribution < -0.4 is 5.43 Å². The smallest absolute Gasteiger partial charge is 0.250 e. The Morgan fingerprint density at radius 1 is 0.811 bits per heavy atom. The third kappa shape index (κ3) is 6.65. The van der Waals surface area contributed by atoms with Gasteiger partial charge in [0.15, 0.2) is 8.68 Å². The predicted octanol–water partition coefficient (Wildman–Crippen LogP) is 7.28. The zero-order chi connectivity index (χ0) is 25.5. The molecular weight excluding hydrogens is 517 g/mol. The zero-order valence-corrected chi connectivity index (χ0v) is 22.6. The van der Waals surface area contributed by atoms with E-state index in [0.29, 0.717) is 0 Å². The van der Waals surface area contributed by atoms with Gasteiger partial charge in [-0.15, -0.1) is 10.2 Å². The summed E-state index contributed by atoms with van der Waals surface area (Å²) in [4.78, 5) is 12.3. The van der Waals surface area contributed by atoms with Crippen LogP contribution in [0.1, 0.15) is 18.1 Å². The molecule has 1 aromatic heterocycles. The second kappa shape index (κ2) is 12.2. The lowest BCUT2D eigenvalue weighted by molar-refractivity contribution is -0.118. The number of hydrazone groups is 1. The minimum Gasteiger partial charge on any atom is -0.272 e. The number of nitrogens with zero attached hydrogens (tertiary/aromatic N) is 3. The molecule has 0 spiro atoms. The molecule has 184 valence electrons. The van der Waals surface area contributed by atoms with E-state index in [0.717, 1.165) is 31.3 Å². The summed E-state index contributed by atoms with van der Waals surface area (Å²) in [6, 6.07) is 33.1. The van der Waals surface area contributed by atoms with E-state index >= 15 is 0 Å². The van der Waals surface area contributed by atoms with E-state index in [4.69, 9.17) is 0 Å². The van der Waals surface area contributed by atoms with Gasteiger partial charge in [0.05, 0.1) is 11.5 Å². The van der Waals surface area contributed by atoms with E-state index in [2.05, 4.69) is 87.5 Å². The third-order valence-electron chi connectivity index (χ3n) is 5.70. The maximum atomic E-state index is 12.3. The molecule has 8 heteroatoms. The summed E-state index contributed by atoms with van der Waals surface area (Å²) in [6.07, 6.45) is 0. The lowest BCUT2D eigenvalue weighted by Gasteiger charge is -2.05. The number of fused-ring (bicyclic) bond motifs is 1. The average Bonchev–Trinajstić information content (AvgIpc) is 3.42. The van der Waals surface area contributed by atoms with Gasteiger partial charge in [0.25, 0.3) is 5.91 Å². The van der Waals surface area contributed by atoms with Crippen LogP contribution in [0.5, 0.6) is 0 Å². The summed E-state index contributed by atoms with van der Waals surface area (Å²) in [5.41, 5.74) is 7.94. The number of carbonyl (C=O) groups is 1. The average molecular weight is 541 g/mol. The van der Waals surface area contributed by atoms with Crippen LogP contribution in [-0.4, -0.2) is 27.6 Å². The van der Waals surface area contributed by atoms with Crippen molar-refractivity contribution in [3.8, 4) is 11.1 Å². The normalized spacial score (nSPS) is 11.5. The maximum Gasteiger partial charge on any atom is 0.250 e. The Labute approximate surface area is 228 Å². The van der Waals surface area contributed by atoms with Gasteiger partial charge in [-0.1, -0.05) is 132 Å². The second-order valence-corrected chi connectivity index (χ2v) is 11.6. The lowest BCUT2D eigenvalue weighted by atomic mass is 10.0. The summed E-state index contributed by atoms with van der Waals surface area (Å²) in [5, 5.41) is 15.3. The van der Waals surface area contributed by atoms with Crippen molar-refractivity contribution < 1.29 is 4.79 Å². The SMILES string of the molecule is CC(=NNC(=O)CSc1nnc(SCc2cccc3ccccc23)s1)c1ccc(-c2ccccc2)cc1. The van der Waals surface area contributed by atoms with Gasteiger partial charge >= 0.3 is 0 Å². The number of thioether (sulfide) groups is 2. The van der Waals surface area contributed by atoms with Gasteiger partial charge in [0.2, 0.25) is 0 Å². The Balaban J connectivity index is 1.10. The van der Waals surface area contributed by atoms with Crippen LogP contribution in [0.2, 0.25) is 0 Å². The Kier molecular flexibility index (Phi) is 8.30. The van der Waals surface area contributed by atoms with Crippen molar-refractivity contribution in [3.63, 3.8) is 0 Å². The van der Waals surface area contributed by atoms with Gasteiger partial charge in [-0.25, -0.2) is 5.43 Å². The summed E-state index contributed by atoms with van der Waals surface area (Å²) < 4.78 is 1.66. The maximum absolute atomic E-state index is 12.3. The fourth-order valence-electron chi connectivity index (χ4n) is 3.78. The van der Waals surface area contributed by atoms with Crippen LogP contribution >= 0.6 is 34.9 Å². The standard InChI is InChI=1S/C29H24N4OS3/c1-20(21-14-16-23(17-15-21)22-8-3-2-4-9-22)30-31-27(34)19-36-29-33-32-28(37-29)35-18-25-12-7-11-24-10-5-6-13-26(24)25/h2-17H,18-19H2,1H3,(H,31,34). The molecule has 0 atom stereocenters. The van der Waals surface area contributed by atoms with Gasteiger partial charge in [0, 0.05) is 5.75 Å². The minimum atomic E-state index is -0.176. The molecule has 5 nitrogen and oxygen atoms in total. The van der Waals surface area contributed by atoms with Crippen LogP contribution in [0, 0.1) is 0 Å². The molecule has 0 saturated heterocycles. The molecule has 0 fully saturated rings. The highest BCUT2D eigenvalue weighted by Gasteiger charge is 2.10. The second-order valence-electron chi connectivity index (χ2n) is 8.23.